The lowest BCUT2D eigenvalue weighted by Crippen LogP contribution is -2.47. The fourth-order valence-corrected chi connectivity index (χ4v) is 2.20. The molecule has 1 aliphatic rings. The van der Waals surface area contributed by atoms with Gasteiger partial charge < -0.3 is 10.4 Å². The zero-order valence-corrected chi connectivity index (χ0v) is 11.2. The summed E-state index contributed by atoms with van der Waals surface area (Å²) in [6.45, 7) is 0.292. The lowest BCUT2D eigenvalue weighted by molar-refractivity contribution is -0.384. The van der Waals surface area contributed by atoms with Crippen LogP contribution in [0.1, 0.15) is 31.2 Å². The number of hydrogen-bond donors (Lipinski definition) is 2. The van der Waals surface area contributed by atoms with E-state index in [1.807, 2.05) is 0 Å². The maximum atomic E-state index is 11.7. The molecule has 108 valence electrons. The molecule has 6 nitrogen and oxygen atoms in total. The minimum Gasteiger partial charge on any atom is -0.388 e. The van der Waals surface area contributed by atoms with Crippen molar-refractivity contribution in [3.63, 3.8) is 0 Å². The average molecular weight is 278 g/mol. The number of nitro groups is 1. The standard InChI is InChI=1S/C14H18N2O4/c17-13(15-10-14(18)7-2-8-14)6-5-11-3-1-4-12(9-11)16(19)20/h1,3-4,9,18H,2,5-8,10H2,(H,15,17). The van der Waals surface area contributed by atoms with Crippen molar-refractivity contribution >= 4 is 11.6 Å². The lowest BCUT2D eigenvalue weighted by atomic mass is 9.80. The van der Waals surface area contributed by atoms with E-state index in [4.69, 9.17) is 0 Å². The van der Waals surface area contributed by atoms with Crippen molar-refractivity contribution in [1.29, 1.82) is 0 Å². The maximum absolute atomic E-state index is 11.7. The van der Waals surface area contributed by atoms with Gasteiger partial charge >= 0.3 is 0 Å². The Morgan fingerprint density at radius 3 is 2.80 bits per heavy atom. The van der Waals surface area contributed by atoms with E-state index in [0.29, 0.717) is 13.0 Å². The highest BCUT2D eigenvalue weighted by Crippen LogP contribution is 2.30. The molecule has 1 saturated carbocycles. The summed E-state index contributed by atoms with van der Waals surface area (Å²) in [5.74, 6) is -0.142. The van der Waals surface area contributed by atoms with E-state index < -0.39 is 10.5 Å². The van der Waals surface area contributed by atoms with Gasteiger partial charge in [0.1, 0.15) is 0 Å². The number of aryl methyl sites for hydroxylation is 1. The monoisotopic (exact) mass is 278 g/mol. The largest absolute Gasteiger partial charge is 0.388 e. The number of nitro benzene ring substituents is 1. The van der Waals surface area contributed by atoms with Crippen LogP contribution in [0.15, 0.2) is 24.3 Å². The summed E-state index contributed by atoms with van der Waals surface area (Å²) in [7, 11) is 0. The first-order chi connectivity index (χ1) is 9.48. The van der Waals surface area contributed by atoms with Gasteiger partial charge in [0.25, 0.3) is 5.69 Å². The number of non-ortho nitro benzene ring substituents is 1. The molecule has 20 heavy (non-hydrogen) atoms. The van der Waals surface area contributed by atoms with Gasteiger partial charge in [-0.2, -0.15) is 0 Å². The number of carbonyl (C=O) groups excluding carboxylic acids is 1. The van der Waals surface area contributed by atoms with Crippen LogP contribution in [0.2, 0.25) is 0 Å². The van der Waals surface area contributed by atoms with Gasteiger partial charge in [-0.1, -0.05) is 12.1 Å². The number of nitrogens with one attached hydrogen (secondary N) is 1. The molecule has 0 bridgehead atoms. The second-order valence-electron chi connectivity index (χ2n) is 5.28. The van der Waals surface area contributed by atoms with E-state index in [-0.39, 0.29) is 18.0 Å². The van der Waals surface area contributed by atoms with Crippen LogP contribution in [0.4, 0.5) is 5.69 Å². The second-order valence-corrected chi connectivity index (χ2v) is 5.28. The predicted octanol–water partition coefficient (Wildman–Crippen LogP) is 1.56. The second kappa shape index (κ2) is 6.00. The highest BCUT2D eigenvalue weighted by molar-refractivity contribution is 5.76. The van der Waals surface area contributed by atoms with Crippen molar-refractivity contribution in [3.8, 4) is 0 Å². The third-order valence-electron chi connectivity index (χ3n) is 3.66. The van der Waals surface area contributed by atoms with E-state index in [1.165, 1.54) is 12.1 Å². The van der Waals surface area contributed by atoms with Crippen molar-refractivity contribution in [2.75, 3.05) is 6.54 Å². The molecule has 0 radical (unpaired) electrons. The van der Waals surface area contributed by atoms with Crippen LogP contribution in [0.5, 0.6) is 0 Å². The van der Waals surface area contributed by atoms with Crippen molar-refractivity contribution < 1.29 is 14.8 Å². The summed E-state index contributed by atoms with van der Waals surface area (Å²) in [6, 6.07) is 6.28. The first-order valence-corrected chi connectivity index (χ1v) is 6.71. The number of aliphatic hydroxyl groups is 1. The Bertz CT molecular complexity index is 512. The summed E-state index contributed by atoms with van der Waals surface area (Å²) in [4.78, 5) is 21.9. The quantitative estimate of drug-likeness (QED) is 0.610. The Kier molecular flexibility index (Phi) is 4.34. The number of rotatable bonds is 6. The average Bonchev–Trinajstić information content (AvgIpc) is 2.41. The topological polar surface area (TPSA) is 92.5 Å². The highest BCUT2D eigenvalue weighted by Gasteiger charge is 2.34. The summed E-state index contributed by atoms with van der Waals surface area (Å²) in [5, 5.41) is 23.2. The van der Waals surface area contributed by atoms with E-state index in [0.717, 1.165) is 24.8 Å². The molecule has 1 aromatic rings. The van der Waals surface area contributed by atoms with Crippen molar-refractivity contribution in [3.05, 3.63) is 39.9 Å². The third-order valence-corrected chi connectivity index (χ3v) is 3.66. The molecule has 1 aliphatic carbocycles. The SMILES string of the molecule is O=C(CCc1cccc([N+](=O)[O-])c1)NCC1(O)CCC1. The highest BCUT2D eigenvalue weighted by atomic mass is 16.6. The van der Waals surface area contributed by atoms with Gasteiger partial charge in [0.15, 0.2) is 0 Å². The smallest absolute Gasteiger partial charge is 0.269 e. The molecule has 0 atom stereocenters. The summed E-state index contributed by atoms with van der Waals surface area (Å²) in [6.07, 6.45) is 3.18. The summed E-state index contributed by atoms with van der Waals surface area (Å²) < 4.78 is 0. The van der Waals surface area contributed by atoms with E-state index in [2.05, 4.69) is 5.32 Å². The molecule has 0 heterocycles. The van der Waals surface area contributed by atoms with Crippen LogP contribution < -0.4 is 5.32 Å². The van der Waals surface area contributed by atoms with E-state index >= 15 is 0 Å². The molecule has 1 amide bonds. The minimum atomic E-state index is -0.721. The number of benzene rings is 1. The number of amides is 1. The molecule has 0 aliphatic heterocycles. The normalized spacial score (nSPS) is 16.2. The molecule has 0 spiro atoms. The molecular weight excluding hydrogens is 260 g/mol. The van der Waals surface area contributed by atoms with E-state index in [9.17, 15) is 20.0 Å². The first kappa shape index (κ1) is 14.5. The molecule has 1 fully saturated rings. The molecule has 0 aromatic heterocycles. The lowest BCUT2D eigenvalue weighted by Gasteiger charge is -2.36. The van der Waals surface area contributed by atoms with Crippen molar-refractivity contribution in [2.24, 2.45) is 0 Å². The Morgan fingerprint density at radius 2 is 2.20 bits per heavy atom. The predicted molar refractivity (Wildman–Crippen MR) is 73.2 cm³/mol. The van der Waals surface area contributed by atoms with E-state index in [1.54, 1.807) is 12.1 Å². The minimum absolute atomic E-state index is 0.0340. The number of carbonyl (C=O) groups is 1. The van der Waals surface area contributed by atoms with Gasteiger partial charge in [0.05, 0.1) is 10.5 Å². The zero-order valence-electron chi connectivity index (χ0n) is 11.2. The van der Waals surface area contributed by atoms with Gasteiger partial charge in [0, 0.05) is 25.1 Å². The summed E-state index contributed by atoms with van der Waals surface area (Å²) in [5.41, 5.74) is 0.0738. The zero-order chi connectivity index (χ0) is 14.6. The molecule has 0 saturated heterocycles. The number of hydrogen-bond acceptors (Lipinski definition) is 4. The van der Waals surface area contributed by atoms with Gasteiger partial charge in [-0.05, 0) is 31.2 Å². The van der Waals surface area contributed by atoms with Crippen LogP contribution in [-0.4, -0.2) is 28.1 Å². The van der Waals surface area contributed by atoms with Gasteiger partial charge in [-0.3, -0.25) is 14.9 Å². The summed E-state index contributed by atoms with van der Waals surface area (Å²) >= 11 is 0. The maximum Gasteiger partial charge on any atom is 0.269 e. The Morgan fingerprint density at radius 1 is 1.45 bits per heavy atom. The number of nitrogens with zero attached hydrogens (tertiary/aromatic N) is 1. The van der Waals surface area contributed by atoms with Crippen LogP contribution in [0.25, 0.3) is 0 Å². The molecular formula is C14H18N2O4. The fraction of sp³-hybridized carbons (Fsp3) is 0.500. The molecule has 6 heteroatoms. The fourth-order valence-electron chi connectivity index (χ4n) is 2.20. The van der Waals surface area contributed by atoms with Crippen LogP contribution in [0.3, 0.4) is 0 Å². The van der Waals surface area contributed by atoms with Gasteiger partial charge in [-0.15, -0.1) is 0 Å². The van der Waals surface area contributed by atoms with Gasteiger partial charge in [-0.25, -0.2) is 0 Å². The van der Waals surface area contributed by atoms with Gasteiger partial charge in [0.2, 0.25) is 5.91 Å². The third kappa shape index (κ3) is 3.77. The van der Waals surface area contributed by atoms with Crippen LogP contribution in [0, 0.1) is 10.1 Å². The molecule has 0 unspecified atom stereocenters. The molecule has 2 rings (SSSR count). The van der Waals surface area contributed by atoms with Crippen LogP contribution >= 0.6 is 0 Å². The molecule has 1 aromatic carbocycles. The van der Waals surface area contributed by atoms with Crippen LogP contribution in [-0.2, 0) is 11.2 Å². The molecule has 2 N–H and O–H groups in total. The Balaban J connectivity index is 1.78. The Labute approximate surface area is 117 Å². The Hall–Kier alpha value is -1.95. The first-order valence-electron chi connectivity index (χ1n) is 6.71. The van der Waals surface area contributed by atoms with Crippen molar-refractivity contribution in [2.45, 2.75) is 37.7 Å². The van der Waals surface area contributed by atoms with Crippen molar-refractivity contribution in [1.82, 2.24) is 5.32 Å².